The minimum absolute atomic E-state index is 0.117. The van der Waals surface area contributed by atoms with E-state index in [-0.39, 0.29) is 44.1 Å². The van der Waals surface area contributed by atoms with E-state index in [9.17, 15) is 18.4 Å². The number of hydrogen-bond acceptors (Lipinski definition) is 5. The number of aromatic amines is 1. The summed E-state index contributed by atoms with van der Waals surface area (Å²) in [6.07, 6.45) is 1.65. The lowest BCUT2D eigenvalue weighted by atomic mass is 10.0. The number of likely N-dealkylation sites (N-methyl/N-ethyl adjacent to an activating group) is 1. The maximum atomic E-state index is 12.8. The molecule has 0 spiro atoms. The van der Waals surface area contributed by atoms with Gasteiger partial charge in [0.15, 0.2) is 5.78 Å². The number of aromatic nitrogens is 2. The zero-order valence-corrected chi connectivity index (χ0v) is 15.9. The molecule has 3 rings (SSSR count). The van der Waals surface area contributed by atoms with Crippen molar-refractivity contribution in [1.29, 1.82) is 0 Å². The third-order valence-corrected chi connectivity index (χ3v) is 6.27. The first kappa shape index (κ1) is 19.6. The molecule has 0 bridgehead atoms. The van der Waals surface area contributed by atoms with Gasteiger partial charge in [-0.15, -0.1) is 0 Å². The molecule has 1 saturated heterocycles. The summed E-state index contributed by atoms with van der Waals surface area (Å²) in [5.74, 6) is -0.388. The number of rotatable bonds is 7. The molecule has 10 heteroatoms. The van der Waals surface area contributed by atoms with Gasteiger partial charge in [0, 0.05) is 6.20 Å². The molecule has 27 heavy (non-hydrogen) atoms. The average molecular weight is 393 g/mol. The fourth-order valence-electron chi connectivity index (χ4n) is 2.98. The number of piperazine rings is 1. The SMILES string of the molecule is C[N+]1([O-])CCN(S(=O)(=O)N[C@@H](Cc2ccccc2)C(=O)c2ccn[nH]2)CC1. The van der Waals surface area contributed by atoms with Crippen LogP contribution in [-0.4, -0.2) is 72.6 Å². The minimum Gasteiger partial charge on any atom is -0.633 e. The first-order chi connectivity index (χ1) is 12.8. The van der Waals surface area contributed by atoms with Crippen LogP contribution in [0.25, 0.3) is 0 Å². The van der Waals surface area contributed by atoms with E-state index in [0.717, 1.165) is 5.56 Å². The molecule has 1 aliphatic heterocycles. The highest BCUT2D eigenvalue weighted by molar-refractivity contribution is 7.87. The Hall–Kier alpha value is -2.11. The summed E-state index contributed by atoms with van der Waals surface area (Å²) in [5, 5.41) is 18.3. The first-order valence-corrected chi connectivity index (χ1v) is 10.1. The molecular weight excluding hydrogens is 370 g/mol. The number of hydrogen-bond donors (Lipinski definition) is 2. The molecule has 2 N–H and O–H groups in total. The number of hydroxylamine groups is 3. The molecule has 2 heterocycles. The molecule has 2 aromatic rings. The van der Waals surface area contributed by atoms with Gasteiger partial charge in [0.25, 0.3) is 10.2 Å². The Balaban J connectivity index is 1.79. The van der Waals surface area contributed by atoms with Crippen LogP contribution in [0.2, 0.25) is 0 Å². The number of Topliss-reactive ketones (excluding diaryl/α,β-unsaturated/α-hetero) is 1. The molecule has 0 unspecified atom stereocenters. The van der Waals surface area contributed by atoms with Crippen LogP contribution in [0.1, 0.15) is 16.1 Å². The Labute approximate surface area is 158 Å². The van der Waals surface area contributed by atoms with Gasteiger partial charge in [-0.1, -0.05) is 30.3 Å². The number of carbonyl (C=O) groups is 1. The summed E-state index contributed by atoms with van der Waals surface area (Å²) < 4.78 is 28.9. The van der Waals surface area contributed by atoms with Gasteiger partial charge in [-0.25, -0.2) is 0 Å². The topological polar surface area (TPSA) is 118 Å². The monoisotopic (exact) mass is 393 g/mol. The fraction of sp³-hybridized carbons (Fsp3) is 0.412. The molecule has 1 aliphatic rings. The van der Waals surface area contributed by atoms with Crippen molar-refractivity contribution < 1.29 is 17.9 Å². The zero-order chi connectivity index (χ0) is 19.5. The number of benzene rings is 1. The van der Waals surface area contributed by atoms with E-state index in [4.69, 9.17) is 0 Å². The Morgan fingerprint density at radius 2 is 1.96 bits per heavy atom. The Morgan fingerprint density at radius 3 is 2.56 bits per heavy atom. The molecule has 1 aromatic carbocycles. The second kappa shape index (κ2) is 7.87. The molecule has 0 saturated carbocycles. The van der Waals surface area contributed by atoms with Crippen molar-refractivity contribution in [2.45, 2.75) is 12.5 Å². The third-order valence-electron chi connectivity index (χ3n) is 4.64. The van der Waals surface area contributed by atoms with Crippen molar-refractivity contribution in [3.8, 4) is 0 Å². The van der Waals surface area contributed by atoms with Crippen molar-refractivity contribution in [2.24, 2.45) is 0 Å². The number of nitrogens with one attached hydrogen (secondary N) is 2. The molecule has 1 fully saturated rings. The van der Waals surface area contributed by atoms with E-state index in [2.05, 4.69) is 14.9 Å². The van der Waals surface area contributed by atoms with E-state index in [1.165, 1.54) is 23.6 Å². The van der Waals surface area contributed by atoms with E-state index in [0.29, 0.717) is 0 Å². The van der Waals surface area contributed by atoms with E-state index < -0.39 is 20.9 Å². The molecular formula is C17H23N5O4S. The number of ketones is 1. The van der Waals surface area contributed by atoms with Gasteiger partial charge >= 0.3 is 0 Å². The van der Waals surface area contributed by atoms with Crippen LogP contribution >= 0.6 is 0 Å². The predicted octanol–water partition coefficient (Wildman–Crippen LogP) is 0.298. The van der Waals surface area contributed by atoms with Gasteiger partial charge in [-0.05, 0) is 18.1 Å². The molecule has 0 aliphatic carbocycles. The fourth-order valence-corrected chi connectivity index (χ4v) is 4.33. The standard InChI is InChI=1S/C17H23N5O4S/c1-22(24)11-9-21(10-12-22)27(25,26)20-16(13-14-5-3-2-4-6-14)17(23)15-7-8-18-19-15/h2-8,16,20H,9-13H2,1H3,(H,18,19)/t16-/m0/s1. The number of quaternary nitrogens is 1. The van der Waals surface area contributed by atoms with Gasteiger partial charge in [-0.3, -0.25) is 9.89 Å². The van der Waals surface area contributed by atoms with Gasteiger partial charge in [-0.2, -0.15) is 22.5 Å². The summed E-state index contributed by atoms with van der Waals surface area (Å²) in [6.45, 7) is 0.592. The average Bonchev–Trinajstić information content (AvgIpc) is 3.15. The van der Waals surface area contributed by atoms with E-state index >= 15 is 0 Å². The van der Waals surface area contributed by atoms with Crippen molar-refractivity contribution in [1.82, 2.24) is 19.2 Å². The number of carbonyl (C=O) groups excluding carboxylic acids is 1. The summed E-state index contributed by atoms with van der Waals surface area (Å²) in [4.78, 5) is 12.8. The molecule has 146 valence electrons. The van der Waals surface area contributed by atoms with Crippen molar-refractivity contribution in [3.63, 3.8) is 0 Å². The van der Waals surface area contributed by atoms with Crippen LogP contribution in [-0.2, 0) is 16.6 Å². The van der Waals surface area contributed by atoms with E-state index in [1.54, 1.807) is 0 Å². The second-order valence-corrected chi connectivity index (χ2v) is 8.55. The van der Waals surface area contributed by atoms with Crippen LogP contribution < -0.4 is 4.72 Å². The Morgan fingerprint density at radius 1 is 1.30 bits per heavy atom. The number of H-pyrrole nitrogens is 1. The van der Waals surface area contributed by atoms with Gasteiger partial charge in [0.2, 0.25) is 0 Å². The molecule has 1 atom stereocenters. The van der Waals surface area contributed by atoms with Crippen molar-refractivity contribution in [2.75, 3.05) is 33.2 Å². The molecule has 1 aromatic heterocycles. The molecule has 9 nitrogen and oxygen atoms in total. The van der Waals surface area contributed by atoms with Crippen LogP contribution in [0, 0.1) is 5.21 Å². The summed E-state index contributed by atoms with van der Waals surface area (Å²) in [7, 11) is -2.38. The zero-order valence-electron chi connectivity index (χ0n) is 15.0. The molecule has 0 radical (unpaired) electrons. The van der Waals surface area contributed by atoms with Gasteiger partial charge in [0.1, 0.15) is 5.69 Å². The summed E-state index contributed by atoms with van der Waals surface area (Å²) in [6, 6.07) is 9.72. The van der Waals surface area contributed by atoms with Crippen LogP contribution in [0.3, 0.4) is 0 Å². The van der Waals surface area contributed by atoms with Crippen LogP contribution in [0.15, 0.2) is 42.6 Å². The third kappa shape index (κ3) is 4.99. The normalized spacial score (nSPS) is 18.9. The highest BCUT2D eigenvalue weighted by Crippen LogP contribution is 2.14. The second-order valence-electron chi connectivity index (χ2n) is 6.84. The predicted molar refractivity (Wildman–Crippen MR) is 99.8 cm³/mol. The number of nitrogens with zero attached hydrogens (tertiary/aromatic N) is 3. The van der Waals surface area contributed by atoms with Crippen LogP contribution in [0.5, 0.6) is 0 Å². The van der Waals surface area contributed by atoms with Gasteiger partial charge in [0.05, 0.1) is 39.3 Å². The maximum absolute atomic E-state index is 12.8. The lowest BCUT2D eigenvalue weighted by Crippen LogP contribution is -2.58. The quantitative estimate of drug-likeness (QED) is 0.398. The molecule has 0 amide bonds. The largest absolute Gasteiger partial charge is 0.633 e. The van der Waals surface area contributed by atoms with E-state index in [1.807, 2.05) is 30.3 Å². The maximum Gasteiger partial charge on any atom is 0.280 e. The minimum atomic E-state index is -3.91. The highest BCUT2D eigenvalue weighted by atomic mass is 32.2. The summed E-state index contributed by atoms with van der Waals surface area (Å²) >= 11 is 0. The van der Waals surface area contributed by atoms with Crippen molar-refractivity contribution in [3.05, 3.63) is 59.1 Å². The smallest absolute Gasteiger partial charge is 0.280 e. The first-order valence-electron chi connectivity index (χ1n) is 8.67. The lowest BCUT2D eigenvalue weighted by Gasteiger charge is -2.44. The lowest BCUT2D eigenvalue weighted by molar-refractivity contribution is -0.864. The van der Waals surface area contributed by atoms with Gasteiger partial charge < -0.3 is 9.85 Å². The van der Waals surface area contributed by atoms with Crippen LogP contribution in [0.4, 0.5) is 0 Å². The summed E-state index contributed by atoms with van der Waals surface area (Å²) in [5.41, 5.74) is 1.07. The Bertz CT molecular complexity index is 858. The Kier molecular flexibility index (Phi) is 5.72. The van der Waals surface area contributed by atoms with Crippen molar-refractivity contribution >= 4 is 16.0 Å². The highest BCUT2D eigenvalue weighted by Gasteiger charge is 2.34.